The summed E-state index contributed by atoms with van der Waals surface area (Å²) in [4.78, 5) is 29.4. The first-order chi connectivity index (χ1) is 14.9. The van der Waals surface area contributed by atoms with Crippen LogP contribution in [0, 0.1) is 28.1 Å². The third-order valence-corrected chi connectivity index (χ3v) is 8.51. The van der Waals surface area contributed by atoms with E-state index in [0.29, 0.717) is 11.8 Å². The molecule has 4 rings (SSSR count). The van der Waals surface area contributed by atoms with Crippen molar-refractivity contribution in [2.45, 2.75) is 125 Å². The van der Waals surface area contributed by atoms with E-state index in [1.165, 1.54) is 0 Å². The predicted molar refractivity (Wildman–Crippen MR) is 132 cm³/mol. The van der Waals surface area contributed by atoms with Crippen molar-refractivity contribution in [1.82, 2.24) is 4.90 Å². The SMILES string of the molecule is CCN(C)C(CC(C)(C)C)C(=O)OC12CC3CC(CC(C(=O)OC(C)(C)C)(C3)CC1(C)C)C2. The fourth-order valence-electron chi connectivity index (χ4n) is 7.18. The van der Waals surface area contributed by atoms with Gasteiger partial charge in [-0.15, -0.1) is 0 Å². The van der Waals surface area contributed by atoms with Crippen LogP contribution in [-0.2, 0) is 19.1 Å². The van der Waals surface area contributed by atoms with Crippen LogP contribution < -0.4 is 0 Å². The Labute approximate surface area is 202 Å². The van der Waals surface area contributed by atoms with Gasteiger partial charge in [-0.2, -0.15) is 0 Å². The highest BCUT2D eigenvalue weighted by atomic mass is 16.6. The average Bonchev–Trinajstić information content (AvgIpc) is 2.72. The summed E-state index contributed by atoms with van der Waals surface area (Å²) in [5, 5.41) is 0. The maximum absolute atomic E-state index is 13.8. The number of hydrogen-bond donors (Lipinski definition) is 0. The van der Waals surface area contributed by atoms with Crippen LogP contribution in [0.15, 0.2) is 0 Å². The molecule has 5 nitrogen and oxygen atoms in total. The minimum Gasteiger partial charge on any atom is -0.460 e. The smallest absolute Gasteiger partial charge is 0.323 e. The van der Waals surface area contributed by atoms with Crippen LogP contribution in [0.1, 0.15) is 107 Å². The van der Waals surface area contributed by atoms with Crippen LogP contribution in [0.3, 0.4) is 0 Å². The van der Waals surface area contributed by atoms with Crippen molar-refractivity contribution < 1.29 is 19.1 Å². The molecule has 5 heteroatoms. The molecule has 0 aromatic heterocycles. The first kappa shape index (κ1) is 26.5. The van der Waals surface area contributed by atoms with E-state index in [1.54, 1.807) is 0 Å². The molecule has 0 aliphatic heterocycles. The highest BCUT2D eigenvalue weighted by Gasteiger charge is 2.65. The largest absolute Gasteiger partial charge is 0.460 e. The third kappa shape index (κ3) is 5.44. The Morgan fingerprint density at radius 1 is 1.00 bits per heavy atom. The molecule has 4 saturated carbocycles. The molecule has 4 fully saturated rings. The van der Waals surface area contributed by atoms with Crippen LogP contribution in [0.25, 0.3) is 0 Å². The van der Waals surface area contributed by atoms with E-state index in [1.807, 2.05) is 27.8 Å². The van der Waals surface area contributed by atoms with Gasteiger partial charge in [0.1, 0.15) is 17.2 Å². The molecular formula is C28H49NO4. The van der Waals surface area contributed by atoms with Gasteiger partial charge >= 0.3 is 11.9 Å². The maximum Gasteiger partial charge on any atom is 0.323 e. The van der Waals surface area contributed by atoms with Crippen LogP contribution in [0.5, 0.6) is 0 Å². The summed E-state index contributed by atoms with van der Waals surface area (Å²) in [6.07, 6.45) is 6.09. The summed E-state index contributed by atoms with van der Waals surface area (Å²) in [7, 11) is 2.02. The lowest BCUT2D eigenvalue weighted by Gasteiger charge is -2.51. The summed E-state index contributed by atoms with van der Waals surface area (Å²) in [6, 6.07) is -0.251. The number of fused-ring (bicyclic) bond motifs is 1. The highest BCUT2D eigenvalue weighted by molar-refractivity contribution is 5.78. The molecule has 0 amide bonds. The summed E-state index contributed by atoms with van der Waals surface area (Å²) < 4.78 is 12.6. The lowest BCUT2D eigenvalue weighted by atomic mass is 9.60. The Hall–Kier alpha value is -1.10. The molecular weight excluding hydrogens is 414 g/mol. The van der Waals surface area contributed by atoms with Gasteiger partial charge in [0, 0.05) is 5.41 Å². The van der Waals surface area contributed by atoms with E-state index in [-0.39, 0.29) is 28.8 Å². The number of carbonyl (C=O) groups is 2. The average molecular weight is 464 g/mol. The number of carbonyl (C=O) groups excluding carboxylic acids is 2. The predicted octanol–water partition coefficient (Wildman–Crippen LogP) is 5.99. The third-order valence-electron chi connectivity index (χ3n) is 8.51. The van der Waals surface area contributed by atoms with E-state index < -0.39 is 16.6 Å². The van der Waals surface area contributed by atoms with Crippen LogP contribution in [-0.4, -0.2) is 47.7 Å². The van der Waals surface area contributed by atoms with Gasteiger partial charge in [0.15, 0.2) is 0 Å². The molecule has 4 bridgehead atoms. The van der Waals surface area contributed by atoms with Crippen molar-refractivity contribution in [2.75, 3.05) is 13.6 Å². The van der Waals surface area contributed by atoms with Gasteiger partial charge in [-0.3, -0.25) is 14.5 Å². The molecule has 0 spiro atoms. The zero-order chi connectivity index (χ0) is 25.0. The van der Waals surface area contributed by atoms with Crippen molar-refractivity contribution in [3.8, 4) is 0 Å². The summed E-state index contributed by atoms with van der Waals surface area (Å²) >= 11 is 0. The standard InChI is InChI=1S/C28H49NO4/c1-11-29(10)21(17-24(2,3)4)22(30)32-28-15-19-12-20(16-28)14-27(13-19,18-26(28,8)9)23(31)33-25(5,6)7/h19-21H,11-18H2,1-10H3. The molecule has 0 N–H and O–H groups in total. The monoisotopic (exact) mass is 463 g/mol. The van der Waals surface area contributed by atoms with Crippen molar-refractivity contribution in [2.24, 2.45) is 28.1 Å². The molecule has 3 atom stereocenters. The Kier molecular flexibility index (Phi) is 6.85. The molecule has 0 heterocycles. The fourth-order valence-corrected chi connectivity index (χ4v) is 7.18. The number of ether oxygens (including phenoxy) is 2. The van der Waals surface area contributed by atoms with Crippen molar-refractivity contribution in [1.29, 1.82) is 0 Å². The van der Waals surface area contributed by atoms with Gasteiger partial charge in [-0.05, 0) is 96.6 Å². The number of likely N-dealkylation sites (N-methyl/N-ethyl adjacent to an activating group) is 1. The van der Waals surface area contributed by atoms with Crippen molar-refractivity contribution in [3.63, 3.8) is 0 Å². The normalized spacial score (nSPS) is 34.2. The Morgan fingerprint density at radius 2 is 1.55 bits per heavy atom. The molecule has 3 unspecified atom stereocenters. The van der Waals surface area contributed by atoms with E-state index in [2.05, 4.69) is 46.4 Å². The van der Waals surface area contributed by atoms with Crippen molar-refractivity contribution >= 4 is 11.9 Å². The summed E-state index contributed by atoms with van der Waals surface area (Å²) in [5.74, 6) is 0.681. The summed E-state index contributed by atoms with van der Waals surface area (Å²) in [5.41, 5.74) is -1.72. The molecule has 0 radical (unpaired) electrons. The summed E-state index contributed by atoms with van der Waals surface area (Å²) in [6.45, 7) is 19.7. The fraction of sp³-hybridized carbons (Fsp3) is 0.929. The molecule has 0 saturated heterocycles. The van der Waals surface area contributed by atoms with Gasteiger partial charge in [0.25, 0.3) is 0 Å². The number of hydrogen-bond acceptors (Lipinski definition) is 5. The topological polar surface area (TPSA) is 55.8 Å². The quantitative estimate of drug-likeness (QED) is 0.453. The zero-order valence-electron chi connectivity index (χ0n) is 23.0. The lowest BCUT2D eigenvalue weighted by Crippen LogP contribution is -2.54. The molecule has 190 valence electrons. The molecule has 4 aliphatic rings. The van der Waals surface area contributed by atoms with E-state index in [0.717, 1.165) is 51.5 Å². The van der Waals surface area contributed by atoms with Crippen molar-refractivity contribution in [3.05, 3.63) is 0 Å². The second kappa shape index (κ2) is 8.53. The minimum absolute atomic E-state index is 0.0290. The van der Waals surface area contributed by atoms with Crippen LogP contribution in [0.2, 0.25) is 0 Å². The number of rotatable bonds is 6. The highest BCUT2D eigenvalue weighted by Crippen LogP contribution is 2.65. The Balaban J connectivity index is 1.93. The zero-order valence-corrected chi connectivity index (χ0v) is 23.0. The van der Waals surface area contributed by atoms with Gasteiger partial charge in [-0.25, -0.2) is 0 Å². The van der Waals surface area contributed by atoms with Crippen LogP contribution >= 0.6 is 0 Å². The maximum atomic E-state index is 13.8. The molecule has 4 aliphatic carbocycles. The van der Waals surface area contributed by atoms with E-state index in [4.69, 9.17) is 9.47 Å². The lowest BCUT2D eigenvalue weighted by molar-refractivity contribution is -0.192. The molecule has 0 aromatic rings. The second-order valence-corrected chi connectivity index (χ2v) is 14.4. The van der Waals surface area contributed by atoms with E-state index >= 15 is 0 Å². The number of nitrogens with zero attached hydrogens (tertiary/aromatic N) is 1. The minimum atomic E-state index is -0.511. The number of esters is 2. The molecule has 0 aromatic carbocycles. The van der Waals surface area contributed by atoms with Gasteiger partial charge in [0.05, 0.1) is 5.41 Å². The first-order valence-electron chi connectivity index (χ1n) is 13.1. The van der Waals surface area contributed by atoms with Gasteiger partial charge in [-0.1, -0.05) is 41.5 Å². The van der Waals surface area contributed by atoms with E-state index in [9.17, 15) is 9.59 Å². The molecule has 33 heavy (non-hydrogen) atoms. The Morgan fingerprint density at radius 3 is 2.00 bits per heavy atom. The first-order valence-corrected chi connectivity index (χ1v) is 13.1. The Bertz CT molecular complexity index is 743. The van der Waals surface area contributed by atoms with Gasteiger partial charge in [0.2, 0.25) is 0 Å². The van der Waals surface area contributed by atoms with Gasteiger partial charge < -0.3 is 9.47 Å². The second-order valence-electron chi connectivity index (χ2n) is 14.4. The van der Waals surface area contributed by atoms with Crippen LogP contribution in [0.4, 0.5) is 0 Å².